The Labute approximate surface area is 148 Å². The molecule has 0 N–H and O–H groups in total. The molecule has 2 aromatic carbocycles. The van der Waals surface area contributed by atoms with E-state index < -0.39 is 0 Å². The number of benzene rings is 2. The van der Waals surface area contributed by atoms with Crippen molar-refractivity contribution in [3.05, 3.63) is 72.8 Å². The summed E-state index contributed by atoms with van der Waals surface area (Å²) in [6.45, 7) is 5.06. The van der Waals surface area contributed by atoms with Crippen LogP contribution in [0.15, 0.2) is 72.8 Å². The van der Waals surface area contributed by atoms with Gasteiger partial charge in [0, 0.05) is 0 Å². The van der Waals surface area contributed by atoms with Gasteiger partial charge in [0.1, 0.15) is 0 Å². The largest absolute Gasteiger partial charge is 0.0623 e. The lowest BCUT2D eigenvalue weighted by atomic mass is 9.46. The van der Waals surface area contributed by atoms with E-state index in [9.17, 15) is 0 Å². The maximum atomic E-state index is 2.53. The van der Waals surface area contributed by atoms with E-state index in [4.69, 9.17) is 0 Å². The Balaban J connectivity index is 0.000000119. The van der Waals surface area contributed by atoms with Gasteiger partial charge in [-0.1, -0.05) is 86.6 Å². The number of hydrogen-bond acceptors (Lipinski definition) is 0. The molecule has 0 atom stereocenters. The van der Waals surface area contributed by atoms with Crippen molar-refractivity contribution in [3.63, 3.8) is 0 Å². The molecule has 4 aliphatic rings. The normalized spacial score (nSPS) is 31.2. The van der Waals surface area contributed by atoms with Crippen LogP contribution < -0.4 is 0 Å². The van der Waals surface area contributed by atoms with E-state index in [0.29, 0.717) is 5.41 Å². The molecule has 0 nitrogen and oxygen atoms in total. The molecule has 4 aliphatic carbocycles. The van der Waals surface area contributed by atoms with Gasteiger partial charge in [-0.15, -0.1) is 0 Å². The first-order valence-electron chi connectivity index (χ1n) is 9.66. The molecule has 128 valence electrons. The maximum absolute atomic E-state index is 2.53. The van der Waals surface area contributed by atoms with Crippen molar-refractivity contribution in [2.45, 2.75) is 46.0 Å². The standard InChI is InChI=1S/C12H20.2C6H6/c1-12(2)10-4-8-3-9(6-10)7-11(12)5-8;2*1-2-4-6-5-3-1/h8-11H,3-7H2,1-2H3;2*1-6H. The van der Waals surface area contributed by atoms with E-state index >= 15 is 0 Å². The molecular formula is C24H32. The van der Waals surface area contributed by atoms with Crippen LogP contribution in [-0.4, -0.2) is 0 Å². The van der Waals surface area contributed by atoms with Gasteiger partial charge in [0.2, 0.25) is 0 Å². The summed E-state index contributed by atoms with van der Waals surface area (Å²) < 4.78 is 0. The first kappa shape index (κ1) is 17.3. The second-order valence-corrected chi connectivity index (χ2v) is 8.44. The van der Waals surface area contributed by atoms with Crippen molar-refractivity contribution >= 4 is 0 Å². The Morgan fingerprint density at radius 1 is 0.458 bits per heavy atom. The van der Waals surface area contributed by atoms with Crippen molar-refractivity contribution in [2.24, 2.45) is 29.1 Å². The summed E-state index contributed by atoms with van der Waals surface area (Å²) in [5.74, 6) is 4.46. The molecule has 0 aliphatic heterocycles. The van der Waals surface area contributed by atoms with E-state index in [1.54, 1.807) is 32.1 Å². The summed E-state index contributed by atoms with van der Waals surface area (Å²) >= 11 is 0. The Kier molecular flexibility index (Phi) is 5.76. The average Bonchev–Trinajstić information content (AvgIpc) is 2.63. The third-order valence-electron chi connectivity index (χ3n) is 6.58. The molecule has 4 bridgehead atoms. The highest BCUT2D eigenvalue weighted by molar-refractivity contribution is 5.02. The predicted molar refractivity (Wildman–Crippen MR) is 104 cm³/mol. The van der Waals surface area contributed by atoms with Crippen LogP contribution in [0.2, 0.25) is 0 Å². The topological polar surface area (TPSA) is 0 Å². The highest BCUT2D eigenvalue weighted by Gasteiger charge is 2.52. The Bertz CT molecular complexity index is 455. The summed E-state index contributed by atoms with van der Waals surface area (Å²) in [4.78, 5) is 0. The lowest BCUT2D eigenvalue weighted by Crippen LogP contribution is -2.49. The van der Waals surface area contributed by atoms with Gasteiger partial charge in [-0.05, 0) is 61.2 Å². The molecule has 6 rings (SSSR count). The average molecular weight is 321 g/mol. The lowest BCUT2D eigenvalue weighted by molar-refractivity contribution is -0.0876. The van der Waals surface area contributed by atoms with E-state index in [2.05, 4.69) is 13.8 Å². The molecule has 24 heavy (non-hydrogen) atoms. The molecular weight excluding hydrogens is 288 g/mol. The first-order valence-corrected chi connectivity index (χ1v) is 9.66. The first-order chi connectivity index (χ1) is 11.7. The van der Waals surface area contributed by atoms with E-state index in [1.165, 1.54) is 0 Å². The van der Waals surface area contributed by atoms with Crippen LogP contribution in [0.3, 0.4) is 0 Å². The van der Waals surface area contributed by atoms with Crippen LogP contribution in [0.5, 0.6) is 0 Å². The summed E-state index contributed by atoms with van der Waals surface area (Å²) in [7, 11) is 0. The Morgan fingerprint density at radius 3 is 0.958 bits per heavy atom. The van der Waals surface area contributed by atoms with Gasteiger partial charge in [0.05, 0.1) is 0 Å². The molecule has 0 saturated heterocycles. The van der Waals surface area contributed by atoms with E-state index in [0.717, 1.165) is 23.7 Å². The minimum absolute atomic E-state index is 0.702. The molecule has 0 unspecified atom stereocenters. The highest BCUT2D eigenvalue weighted by Crippen LogP contribution is 2.61. The smallest absolute Gasteiger partial charge is 0.0297 e. The molecule has 0 heteroatoms. The monoisotopic (exact) mass is 320 g/mol. The van der Waals surface area contributed by atoms with Crippen molar-refractivity contribution < 1.29 is 0 Å². The molecule has 0 spiro atoms. The minimum atomic E-state index is 0.702. The van der Waals surface area contributed by atoms with Gasteiger partial charge in [-0.3, -0.25) is 0 Å². The predicted octanol–water partition coefficient (Wildman–Crippen LogP) is 6.84. The van der Waals surface area contributed by atoms with Crippen molar-refractivity contribution in [2.75, 3.05) is 0 Å². The van der Waals surface area contributed by atoms with Gasteiger partial charge in [0.15, 0.2) is 0 Å². The van der Waals surface area contributed by atoms with Gasteiger partial charge in [-0.25, -0.2) is 0 Å². The number of rotatable bonds is 0. The van der Waals surface area contributed by atoms with Crippen LogP contribution in [0, 0.1) is 29.1 Å². The van der Waals surface area contributed by atoms with Crippen molar-refractivity contribution in [1.82, 2.24) is 0 Å². The number of hydrogen-bond donors (Lipinski definition) is 0. The van der Waals surface area contributed by atoms with Gasteiger partial charge < -0.3 is 0 Å². The fourth-order valence-corrected chi connectivity index (χ4v) is 5.17. The van der Waals surface area contributed by atoms with Gasteiger partial charge in [0.25, 0.3) is 0 Å². The molecule has 0 aromatic heterocycles. The van der Waals surface area contributed by atoms with E-state index in [-0.39, 0.29) is 0 Å². The van der Waals surface area contributed by atoms with Crippen LogP contribution in [0.4, 0.5) is 0 Å². The fourth-order valence-electron chi connectivity index (χ4n) is 5.17. The molecule has 2 aromatic rings. The molecule has 0 amide bonds. The Morgan fingerprint density at radius 2 is 0.708 bits per heavy atom. The zero-order valence-corrected chi connectivity index (χ0v) is 15.3. The summed E-state index contributed by atoms with van der Waals surface area (Å²) in [6, 6.07) is 24.0. The third kappa shape index (κ3) is 4.29. The summed E-state index contributed by atoms with van der Waals surface area (Å²) in [5, 5.41) is 0. The Hall–Kier alpha value is -1.56. The molecule has 4 saturated carbocycles. The van der Waals surface area contributed by atoms with Crippen LogP contribution in [-0.2, 0) is 0 Å². The second-order valence-electron chi connectivity index (χ2n) is 8.44. The lowest BCUT2D eigenvalue weighted by Gasteiger charge is -2.59. The molecule has 0 radical (unpaired) electrons. The third-order valence-corrected chi connectivity index (χ3v) is 6.58. The minimum Gasteiger partial charge on any atom is -0.0623 e. The zero-order chi connectivity index (χ0) is 16.8. The highest BCUT2D eigenvalue weighted by atomic mass is 14.6. The second kappa shape index (κ2) is 8.01. The van der Waals surface area contributed by atoms with Gasteiger partial charge in [-0.2, -0.15) is 0 Å². The molecule has 0 heterocycles. The van der Waals surface area contributed by atoms with E-state index in [1.807, 2.05) is 72.8 Å². The van der Waals surface area contributed by atoms with Crippen molar-refractivity contribution in [3.8, 4) is 0 Å². The van der Waals surface area contributed by atoms with Crippen LogP contribution in [0.25, 0.3) is 0 Å². The van der Waals surface area contributed by atoms with Crippen LogP contribution in [0.1, 0.15) is 46.0 Å². The summed E-state index contributed by atoms with van der Waals surface area (Å²) in [5.41, 5.74) is 0.702. The molecule has 4 fully saturated rings. The summed E-state index contributed by atoms with van der Waals surface area (Å²) in [6.07, 6.45) is 7.86. The van der Waals surface area contributed by atoms with Crippen molar-refractivity contribution in [1.29, 1.82) is 0 Å². The van der Waals surface area contributed by atoms with Gasteiger partial charge >= 0.3 is 0 Å². The zero-order valence-electron chi connectivity index (χ0n) is 15.3. The SMILES string of the molecule is CC1(C)C2CC3CC(C2)CC1C3.c1ccccc1.c1ccccc1. The van der Waals surface area contributed by atoms with Crippen LogP contribution >= 0.6 is 0 Å². The maximum Gasteiger partial charge on any atom is -0.0297 e. The quantitative estimate of drug-likeness (QED) is 0.498. The fraction of sp³-hybridized carbons (Fsp3) is 0.500.